The van der Waals surface area contributed by atoms with Crippen LogP contribution in [0, 0.1) is 0 Å². The van der Waals surface area contributed by atoms with Crippen LogP contribution in [0.15, 0.2) is 0 Å². The first-order valence-electron chi connectivity index (χ1n) is 7.78. The fraction of sp³-hybridized carbons (Fsp3) is 1.00. The second kappa shape index (κ2) is 12.6. The molecule has 0 radical (unpaired) electrons. The van der Waals surface area contributed by atoms with Crippen molar-refractivity contribution in [1.82, 2.24) is 0 Å². The molecular formula is C15H34OSSi. The van der Waals surface area contributed by atoms with Gasteiger partial charge in [-0.05, 0) is 31.3 Å². The van der Waals surface area contributed by atoms with Crippen molar-refractivity contribution in [1.29, 1.82) is 0 Å². The van der Waals surface area contributed by atoms with E-state index in [1.54, 1.807) is 0 Å². The lowest BCUT2D eigenvalue weighted by Crippen LogP contribution is -2.27. The molecule has 0 heterocycles. The van der Waals surface area contributed by atoms with Crippen LogP contribution in [0.3, 0.4) is 0 Å². The SMILES string of the molecule is CO[Si](C)(C)CCCCCCCCCCCCS. The highest BCUT2D eigenvalue weighted by molar-refractivity contribution is 7.80. The summed E-state index contributed by atoms with van der Waals surface area (Å²) < 4.78 is 5.56. The van der Waals surface area contributed by atoms with Crippen molar-refractivity contribution in [3.05, 3.63) is 0 Å². The van der Waals surface area contributed by atoms with Crippen molar-refractivity contribution in [2.24, 2.45) is 0 Å². The lowest BCUT2D eigenvalue weighted by Gasteiger charge is -2.19. The van der Waals surface area contributed by atoms with Gasteiger partial charge in [-0.25, -0.2) is 0 Å². The number of rotatable bonds is 13. The Kier molecular flexibility index (Phi) is 12.9. The maximum Gasteiger partial charge on any atom is 0.186 e. The summed E-state index contributed by atoms with van der Waals surface area (Å²) in [6.07, 6.45) is 14.0. The zero-order valence-corrected chi connectivity index (χ0v) is 14.7. The van der Waals surface area contributed by atoms with Gasteiger partial charge in [0.2, 0.25) is 0 Å². The fourth-order valence-electron chi connectivity index (χ4n) is 2.18. The summed E-state index contributed by atoms with van der Waals surface area (Å²) in [5, 5.41) is 0. The summed E-state index contributed by atoms with van der Waals surface area (Å²) >= 11 is 4.23. The summed E-state index contributed by atoms with van der Waals surface area (Å²) in [5.74, 6) is 1.06. The molecule has 0 rings (SSSR count). The Morgan fingerprint density at radius 2 is 1.11 bits per heavy atom. The summed E-state index contributed by atoms with van der Waals surface area (Å²) in [6.45, 7) is 4.63. The second-order valence-electron chi connectivity index (χ2n) is 5.97. The Morgan fingerprint density at radius 1 is 0.722 bits per heavy atom. The van der Waals surface area contributed by atoms with Gasteiger partial charge in [0, 0.05) is 7.11 Å². The predicted molar refractivity (Wildman–Crippen MR) is 89.3 cm³/mol. The molecule has 0 aromatic heterocycles. The van der Waals surface area contributed by atoms with E-state index in [0.717, 1.165) is 5.75 Å². The highest BCUT2D eigenvalue weighted by Crippen LogP contribution is 2.17. The molecule has 0 spiro atoms. The smallest absolute Gasteiger partial charge is 0.186 e. The molecule has 1 nitrogen and oxygen atoms in total. The van der Waals surface area contributed by atoms with Crippen LogP contribution in [0.5, 0.6) is 0 Å². The van der Waals surface area contributed by atoms with Crippen LogP contribution in [0.25, 0.3) is 0 Å². The first kappa shape index (κ1) is 18.5. The van der Waals surface area contributed by atoms with Crippen LogP contribution >= 0.6 is 12.6 Å². The van der Waals surface area contributed by atoms with Gasteiger partial charge in [-0.2, -0.15) is 12.6 Å². The molecule has 110 valence electrons. The summed E-state index contributed by atoms with van der Waals surface area (Å²) in [5.41, 5.74) is 0. The Labute approximate surface area is 122 Å². The van der Waals surface area contributed by atoms with Gasteiger partial charge >= 0.3 is 0 Å². The number of thiol groups is 1. The van der Waals surface area contributed by atoms with E-state index in [-0.39, 0.29) is 0 Å². The lowest BCUT2D eigenvalue weighted by atomic mass is 10.1. The lowest BCUT2D eigenvalue weighted by molar-refractivity contribution is 0.400. The van der Waals surface area contributed by atoms with E-state index in [4.69, 9.17) is 4.43 Å². The Bertz CT molecular complexity index is 174. The molecule has 0 bridgehead atoms. The third-order valence-electron chi connectivity index (χ3n) is 3.74. The average Bonchev–Trinajstić information content (AvgIpc) is 2.36. The topological polar surface area (TPSA) is 9.23 Å². The normalized spacial score (nSPS) is 12.0. The van der Waals surface area contributed by atoms with Gasteiger partial charge in [0.05, 0.1) is 0 Å². The minimum Gasteiger partial charge on any atom is -0.420 e. The highest BCUT2D eigenvalue weighted by atomic mass is 32.1. The van der Waals surface area contributed by atoms with Crippen LogP contribution in [0.2, 0.25) is 19.1 Å². The molecular weight excluding hydrogens is 256 g/mol. The van der Waals surface area contributed by atoms with Gasteiger partial charge in [0.1, 0.15) is 0 Å². The number of hydrogen-bond donors (Lipinski definition) is 1. The maximum absolute atomic E-state index is 5.56. The van der Waals surface area contributed by atoms with Gasteiger partial charge in [-0.1, -0.05) is 57.8 Å². The molecule has 0 saturated heterocycles. The van der Waals surface area contributed by atoms with E-state index in [2.05, 4.69) is 25.7 Å². The minimum atomic E-state index is -1.28. The van der Waals surface area contributed by atoms with Crippen molar-refractivity contribution in [2.45, 2.75) is 83.3 Å². The van der Waals surface area contributed by atoms with Crippen molar-refractivity contribution < 1.29 is 4.43 Å². The van der Waals surface area contributed by atoms with E-state index >= 15 is 0 Å². The molecule has 0 aliphatic carbocycles. The zero-order valence-electron chi connectivity index (χ0n) is 12.8. The highest BCUT2D eigenvalue weighted by Gasteiger charge is 2.18. The van der Waals surface area contributed by atoms with Gasteiger partial charge in [0.25, 0.3) is 0 Å². The molecule has 0 saturated carbocycles. The Hall–Kier alpha value is 0.527. The average molecular weight is 291 g/mol. The van der Waals surface area contributed by atoms with Crippen LogP contribution in [-0.4, -0.2) is 21.2 Å². The molecule has 0 unspecified atom stereocenters. The molecule has 0 fully saturated rings. The van der Waals surface area contributed by atoms with Crippen LogP contribution in [0.4, 0.5) is 0 Å². The van der Waals surface area contributed by atoms with Crippen LogP contribution in [-0.2, 0) is 4.43 Å². The summed E-state index contributed by atoms with van der Waals surface area (Å²) in [7, 11) is 0.597. The van der Waals surface area contributed by atoms with Crippen LogP contribution < -0.4 is 0 Å². The molecule has 0 amide bonds. The predicted octanol–water partition coefficient (Wildman–Crippen LogP) is 5.67. The quantitative estimate of drug-likeness (QED) is 0.261. The van der Waals surface area contributed by atoms with Gasteiger partial charge in [-0.15, -0.1) is 0 Å². The summed E-state index contributed by atoms with van der Waals surface area (Å²) in [4.78, 5) is 0. The van der Waals surface area contributed by atoms with E-state index in [1.165, 1.54) is 70.3 Å². The summed E-state index contributed by atoms with van der Waals surface area (Å²) in [6, 6.07) is 1.33. The van der Waals surface area contributed by atoms with Crippen molar-refractivity contribution in [3.63, 3.8) is 0 Å². The van der Waals surface area contributed by atoms with Crippen molar-refractivity contribution in [3.8, 4) is 0 Å². The molecule has 0 N–H and O–H groups in total. The Balaban J connectivity index is 3.08. The molecule has 0 aromatic carbocycles. The molecule has 3 heteroatoms. The van der Waals surface area contributed by atoms with E-state index in [0.29, 0.717) is 0 Å². The van der Waals surface area contributed by atoms with Gasteiger partial charge in [-0.3, -0.25) is 0 Å². The maximum atomic E-state index is 5.56. The molecule has 18 heavy (non-hydrogen) atoms. The first-order valence-corrected chi connectivity index (χ1v) is 11.5. The zero-order chi connectivity index (χ0) is 13.7. The Morgan fingerprint density at radius 3 is 1.50 bits per heavy atom. The second-order valence-corrected chi connectivity index (χ2v) is 10.8. The number of unbranched alkanes of at least 4 members (excludes halogenated alkanes) is 9. The standard InChI is InChI=1S/C15H34OSSi/c1-16-18(2,3)15-13-11-9-7-5-4-6-8-10-12-14-17/h17H,4-15H2,1-3H3. The van der Waals surface area contributed by atoms with Crippen molar-refractivity contribution in [2.75, 3.05) is 12.9 Å². The van der Waals surface area contributed by atoms with Crippen molar-refractivity contribution >= 4 is 20.9 Å². The van der Waals surface area contributed by atoms with E-state index < -0.39 is 8.32 Å². The largest absolute Gasteiger partial charge is 0.420 e. The minimum absolute atomic E-state index is 1.06. The fourth-order valence-corrected chi connectivity index (χ4v) is 3.71. The van der Waals surface area contributed by atoms with Crippen LogP contribution in [0.1, 0.15) is 64.2 Å². The number of hydrogen-bond acceptors (Lipinski definition) is 2. The molecule has 0 aromatic rings. The van der Waals surface area contributed by atoms with E-state index in [1.807, 2.05) is 7.11 Å². The van der Waals surface area contributed by atoms with Gasteiger partial charge < -0.3 is 4.43 Å². The van der Waals surface area contributed by atoms with Gasteiger partial charge in [0.15, 0.2) is 8.32 Å². The van der Waals surface area contributed by atoms with E-state index in [9.17, 15) is 0 Å². The first-order chi connectivity index (χ1) is 8.62. The monoisotopic (exact) mass is 290 g/mol. The molecule has 0 atom stereocenters. The third-order valence-corrected chi connectivity index (χ3v) is 6.72. The molecule has 0 aliphatic heterocycles. The third kappa shape index (κ3) is 13.0. The molecule has 0 aliphatic rings.